The third-order valence-corrected chi connectivity index (χ3v) is 3.39. The molecule has 0 aliphatic carbocycles. The van der Waals surface area contributed by atoms with E-state index in [0.717, 1.165) is 37.1 Å². The molecule has 2 amide bonds. The van der Waals surface area contributed by atoms with Crippen molar-refractivity contribution in [3.8, 4) is 11.8 Å². The number of aliphatic hydroxyl groups excluding tert-OH is 1. The van der Waals surface area contributed by atoms with Gasteiger partial charge in [-0.05, 0) is 30.9 Å². The number of likely N-dealkylation sites (tertiary alicyclic amines) is 1. The van der Waals surface area contributed by atoms with Crippen LogP contribution in [0.25, 0.3) is 0 Å². The zero-order valence-corrected chi connectivity index (χ0v) is 11.6. The van der Waals surface area contributed by atoms with Crippen molar-refractivity contribution in [3.05, 3.63) is 35.4 Å². The van der Waals surface area contributed by atoms with E-state index in [1.54, 1.807) is 0 Å². The van der Waals surface area contributed by atoms with E-state index in [2.05, 4.69) is 17.2 Å². The second kappa shape index (κ2) is 7.56. The average molecular weight is 272 g/mol. The van der Waals surface area contributed by atoms with Gasteiger partial charge < -0.3 is 15.3 Å². The van der Waals surface area contributed by atoms with Gasteiger partial charge in [-0.2, -0.15) is 0 Å². The van der Waals surface area contributed by atoms with Crippen molar-refractivity contribution in [2.24, 2.45) is 0 Å². The Morgan fingerprint density at radius 1 is 1.25 bits per heavy atom. The molecule has 2 N–H and O–H groups in total. The minimum absolute atomic E-state index is 0.00498. The van der Waals surface area contributed by atoms with Crippen LogP contribution < -0.4 is 5.32 Å². The largest absolute Gasteiger partial charge is 0.384 e. The van der Waals surface area contributed by atoms with Crippen LogP contribution in [0.3, 0.4) is 0 Å². The molecule has 0 radical (unpaired) electrons. The monoisotopic (exact) mass is 272 g/mol. The fraction of sp³-hybridized carbons (Fsp3) is 0.438. The van der Waals surface area contributed by atoms with E-state index in [-0.39, 0.29) is 12.6 Å². The molecule has 0 spiro atoms. The first-order valence-corrected chi connectivity index (χ1v) is 7.01. The average Bonchev–Trinajstić information content (AvgIpc) is 2.52. The predicted octanol–water partition coefficient (Wildman–Crippen LogP) is 1.73. The third-order valence-electron chi connectivity index (χ3n) is 3.39. The minimum atomic E-state index is -0.158. The minimum Gasteiger partial charge on any atom is -0.384 e. The predicted molar refractivity (Wildman–Crippen MR) is 78.1 cm³/mol. The van der Waals surface area contributed by atoms with E-state index >= 15 is 0 Å². The van der Waals surface area contributed by atoms with Gasteiger partial charge in [-0.15, -0.1) is 0 Å². The molecule has 1 aromatic carbocycles. The maximum absolute atomic E-state index is 12.0. The van der Waals surface area contributed by atoms with E-state index in [0.29, 0.717) is 6.54 Å². The summed E-state index contributed by atoms with van der Waals surface area (Å²) in [7, 11) is 0. The molecule has 20 heavy (non-hydrogen) atoms. The van der Waals surface area contributed by atoms with Crippen LogP contribution in [0.15, 0.2) is 24.3 Å². The highest BCUT2D eigenvalue weighted by molar-refractivity contribution is 5.74. The molecule has 4 heteroatoms. The van der Waals surface area contributed by atoms with Gasteiger partial charge in [-0.3, -0.25) is 0 Å². The first-order chi connectivity index (χ1) is 9.81. The van der Waals surface area contributed by atoms with Crippen molar-refractivity contribution in [2.45, 2.75) is 25.8 Å². The van der Waals surface area contributed by atoms with Gasteiger partial charge in [0.05, 0.1) is 0 Å². The first kappa shape index (κ1) is 14.4. The second-order valence-electron chi connectivity index (χ2n) is 4.82. The van der Waals surface area contributed by atoms with Gasteiger partial charge in [0, 0.05) is 25.2 Å². The number of piperidine rings is 1. The van der Waals surface area contributed by atoms with Crippen molar-refractivity contribution in [1.29, 1.82) is 0 Å². The molecule has 1 saturated heterocycles. The Morgan fingerprint density at radius 3 is 2.75 bits per heavy atom. The number of hydrogen-bond donors (Lipinski definition) is 2. The van der Waals surface area contributed by atoms with Crippen molar-refractivity contribution >= 4 is 6.03 Å². The number of aliphatic hydroxyl groups is 1. The topological polar surface area (TPSA) is 52.6 Å². The fourth-order valence-electron chi connectivity index (χ4n) is 2.31. The van der Waals surface area contributed by atoms with Gasteiger partial charge in [0.2, 0.25) is 0 Å². The van der Waals surface area contributed by atoms with E-state index in [4.69, 9.17) is 5.11 Å². The smallest absolute Gasteiger partial charge is 0.317 e. The van der Waals surface area contributed by atoms with E-state index in [1.165, 1.54) is 6.42 Å². The van der Waals surface area contributed by atoms with Crippen molar-refractivity contribution in [3.63, 3.8) is 0 Å². The van der Waals surface area contributed by atoms with E-state index in [9.17, 15) is 4.79 Å². The van der Waals surface area contributed by atoms with Crippen LogP contribution in [0.5, 0.6) is 0 Å². The molecule has 4 nitrogen and oxygen atoms in total. The number of carbonyl (C=O) groups is 1. The van der Waals surface area contributed by atoms with Crippen LogP contribution >= 0.6 is 0 Å². The molecule has 1 aliphatic rings. The van der Waals surface area contributed by atoms with Crippen LogP contribution in [-0.2, 0) is 6.54 Å². The van der Waals surface area contributed by atoms with Gasteiger partial charge in [0.25, 0.3) is 0 Å². The normalized spacial score (nSPS) is 14.3. The zero-order chi connectivity index (χ0) is 14.2. The third kappa shape index (κ3) is 4.01. The lowest BCUT2D eigenvalue weighted by atomic mass is 10.1. The standard InChI is InChI=1S/C16H20N2O2/c19-12-6-9-14-7-2-3-8-15(14)13-17-16(20)18-10-4-1-5-11-18/h2-3,7-8,19H,1,4-5,10-13H2,(H,17,20). The summed E-state index contributed by atoms with van der Waals surface area (Å²) >= 11 is 0. The maximum atomic E-state index is 12.0. The Morgan fingerprint density at radius 2 is 2.00 bits per heavy atom. The number of benzene rings is 1. The molecule has 1 fully saturated rings. The molecule has 0 saturated carbocycles. The lowest BCUT2D eigenvalue weighted by Crippen LogP contribution is -2.42. The highest BCUT2D eigenvalue weighted by Crippen LogP contribution is 2.10. The number of nitrogens with zero attached hydrogens (tertiary/aromatic N) is 1. The summed E-state index contributed by atoms with van der Waals surface area (Å²) in [6, 6.07) is 7.65. The molecule has 0 bridgehead atoms. The lowest BCUT2D eigenvalue weighted by Gasteiger charge is -2.26. The molecule has 1 aliphatic heterocycles. The summed E-state index contributed by atoms with van der Waals surface area (Å²) < 4.78 is 0. The maximum Gasteiger partial charge on any atom is 0.317 e. The summed E-state index contributed by atoms with van der Waals surface area (Å²) in [4.78, 5) is 13.9. The Hall–Kier alpha value is -1.99. The molecule has 0 unspecified atom stereocenters. The van der Waals surface area contributed by atoms with Crippen molar-refractivity contribution in [2.75, 3.05) is 19.7 Å². The van der Waals surface area contributed by atoms with Gasteiger partial charge in [0.15, 0.2) is 0 Å². The van der Waals surface area contributed by atoms with Gasteiger partial charge >= 0.3 is 6.03 Å². The van der Waals surface area contributed by atoms with Crippen LogP contribution in [0, 0.1) is 11.8 Å². The molecule has 1 aromatic rings. The Bertz CT molecular complexity index is 511. The first-order valence-electron chi connectivity index (χ1n) is 7.01. The number of urea groups is 1. The summed E-state index contributed by atoms with van der Waals surface area (Å²) in [5.41, 5.74) is 1.82. The van der Waals surface area contributed by atoms with E-state index in [1.807, 2.05) is 29.2 Å². The summed E-state index contributed by atoms with van der Waals surface area (Å²) in [5.74, 6) is 5.54. The Labute approximate surface area is 119 Å². The number of rotatable bonds is 2. The highest BCUT2D eigenvalue weighted by atomic mass is 16.2. The Kier molecular flexibility index (Phi) is 5.45. The summed E-state index contributed by atoms with van der Waals surface area (Å²) in [6.07, 6.45) is 3.39. The number of amides is 2. The number of nitrogens with one attached hydrogen (secondary N) is 1. The van der Waals surface area contributed by atoms with Gasteiger partial charge in [-0.1, -0.05) is 30.0 Å². The number of carbonyl (C=O) groups excluding carboxylic acids is 1. The van der Waals surface area contributed by atoms with E-state index < -0.39 is 0 Å². The quantitative estimate of drug-likeness (QED) is 0.806. The highest BCUT2D eigenvalue weighted by Gasteiger charge is 2.15. The molecule has 1 heterocycles. The molecule has 0 aromatic heterocycles. The number of hydrogen-bond acceptors (Lipinski definition) is 2. The van der Waals surface area contributed by atoms with Crippen molar-refractivity contribution in [1.82, 2.24) is 10.2 Å². The zero-order valence-electron chi connectivity index (χ0n) is 11.6. The van der Waals surface area contributed by atoms with Gasteiger partial charge in [0.1, 0.15) is 6.61 Å². The van der Waals surface area contributed by atoms with Crippen LogP contribution in [0.2, 0.25) is 0 Å². The van der Waals surface area contributed by atoms with Crippen LogP contribution in [0.1, 0.15) is 30.4 Å². The Balaban J connectivity index is 1.94. The summed E-state index contributed by atoms with van der Waals surface area (Å²) in [6.45, 7) is 2.00. The molecule has 2 rings (SSSR count). The fourth-order valence-corrected chi connectivity index (χ4v) is 2.31. The molecular formula is C16H20N2O2. The lowest BCUT2D eigenvalue weighted by molar-refractivity contribution is 0.186. The second-order valence-corrected chi connectivity index (χ2v) is 4.82. The SMILES string of the molecule is O=C(NCc1ccccc1C#CCO)N1CCCCC1. The molecule has 106 valence electrons. The molecular weight excluding hydrogens is 252 g/mol. The van der Waals surface area contributed by atoms with Gasteiger partial charge in [-0.25, -0.2) is 4.79 Å². The van der Waals surface area contributed by atoms with Crippen molar-refractivity contribution < 1.29 is 9.90 Å². The summed E-state index contributed by atoms with van der Waals surface area (Å²) in [5, 5.41) is 11.7. The molecule has 0 atom stereocenters. The van der Waals surface area contributed by atoms with Crippen LogP contribution in [0.4, 0.5) is 4.79 Å². The van der Waals surface area contributed by atoms with Crippen LogP contribution in [-0.4, -0.2) is 35.7 Å².